The van der Waals surface area contributed by atoms with Crippen LogP contribution in [0.4, 0.5) is 4.53 Å². The van der Waals surface area contributed by atoms with Crippen molar-refractivity contribution >= 4 is 19.0 Å². The summed E-state index contributed by atoms with van der Waals surface area (Å²) in [5, 5.41) is 0. The van der Waals surface area contributed by atoms with Gasteiger partial charge in [-0.15, -0.1) is 0 Å². The molecule has 0 saturated heterocycles. The molecule has 0 heterocycles. The molecule has 0 aliphatic carbocycles. The molecule has 0 atom stereocenters. The van der Waals surface area contributed by atoms with Gasteiger partial charge in [0.05, 0.1) is 0 Å². The Kier molecular flexibility index (Phi) is 3.59. The van der Waals surface area contributed by atoms with Crippen molar-refractivity contribution in [3.63, 3.8) is 0 Å². The van der Waals surface area contributed by atoms with Crippen molar-refractivity contribution in [1.82, 2.24) is 0 Å². The molecular weight excluding hydrogens is 91.2 g/mol. The molecule has 0 amide bonds. The first-order chi connectivity index (χ1) is 1.91. The molecule has 26 valence electrons. The van der Waals surface area contributed by atoms with Crippen LogP contribution in [0.3, 0.4) is 0 Å². The van der Waals surface area contributed by atoms with Crippen molar-refractivity contribution in [3.05, 3.63) is 0 Å². The summed E-state index contributed by atoms with van der Waals surface area (Å²) in [5.74, 6) is 0. The maximum Gasteiger partial charge on any atom is 0.193 e. The van der Waals surface area contributed by atoms with Crippen LogP contribution in [0.5, 0.6) is 0 Å². The van der Waals surface area contributed by atoms with Crippen LogP contribution in [0.25, 0.3) is 0 Å². The van der Waals surface area contributed by atoms with Gasteiger partial charge in [-0.2, -0.15) is 0 Å². The molecular formula is H5FOSi2. The van der Waals surface area contributed by atoms with Crippen molar-refractivity contribution in [1.29, 1.82) is 0 Å². The fourth-order valence-corrected chi connectivity index (χ4v) is 0. The monoisotopic (exact) mass is 96.0 g/mol. The number of hydrogen-bond donors (Lipinski definition) is 0. The highest BCUT2D eigenvalue weighted by Gasteiger charge is 1.61. The lowest BCUT2D eigenvalue weighted by atomic mass is 15.6. The molecule has 0 N–H and O–H groups in total. The fraction of sp³-hybridized carbons (Fsp3) is 0. The van der Waals surface area contributed by atoms with Gasteiger partial charge in [0.15, 0.2) is 9.28 Å². The first-order valence-electron chi connectivity index (χ1n) is 1.15. The summed E-state index contributed by atoms with van der Waals surface area (Å²) in [4.78, 5) is 0. The first kappa shape index (κ1) is 4.32. The molecule has 0 fully saturated rings. The van der Waals surface area contributed by atoms with Crippen molar-refractivity contribution in [2.24, 2.45) is 0 Å². The van der Waals surface area contributed by atoms with Crippen LogP contribution in [0, 0.1) is 0 Å². The van der Waals surface area contributed by atoms with E-state index >= 15 is 0 Å². The largest absolute Gasteiger partial charge is 0.258 e. The zero-order valence-corrected chi connectivity index (χ0v) is 5.91. The maximum absolute atomic E-state index is 10.3. The van der Waals surface area contributed by atoms with Gasteiger partial charge in [-0.1, -0.05) is 4.53 Å². The van der Waals surface area contributed by atoms with Crippen LogP contribution in [0.1, 0.15) is 0 Å². The Labute approximate surface area is 29.2 Å². The van der Waals surface area contributed by atoms with Crippen molar-refractivity contribution < 1.29 is 9.16 Å². The molecule has 0 spiro atoms. The van der Waals surface area contributed by atoms with E-state index in [2.05, 4.69) is 4.63 Å². The van der Waals surface area contributed by atoms with Gasteiger partial charge in [-0.3, -0.25) is 4.63 Å². The second-order valence-corrected chi connectivity index (χ2v) is 2.93. The minimum Gasteiger partial charge on any atom is -0.258 e. The summed E-state index contributed by atoms with van der Waals surface area (Å²) in [5.41, 5.74) is 0. The predicted octanol–water partition coefficient (Wildman–Crippen LogP) is -1.75. The minimum absolute atomic E-state index is 0.603. The van der Waals surface area contributed by atoms with E-state index in [4.69, 9.17) is 0 Å². The standard InChI is InChI=1S/FH5OSi2/c1-2-4-3/h4H2,3H3. The van der Waals surface area contributed by atoms with E-state index in [1.165, 1.54) is 0 Å². The smallest absolute Gasteiger partial charge is 0.193 e. The Morgan fingerprint density at radius 1 is 2.00 bits per heavy atom. The lowest BCUT2D eigenvalue weighted by molar-refractivity contribution is 0.00195. The summed E-state index contributed by atoms with van der Waals surface area (Å²) >= 11 is 0. The van der Waals surface area contributed by atoms with Gasteiger partial charge in [-0.05, 0) is 0 Å². The van der Waals surface area contributed by atoms with E-state index in [0.717, 1.165) is 9.76 Å². The fourth-order valence-electron chi connectivity index (χ4n) is 0. The molecule has 0 aliphatic rings. The molecule has 0 aliphatic heterocycles. The molecule has 0 unspecified atom stereocenters. The van der Waals surface area contributed by atoms with Gasteiger partial charge < -0.3 is 0 Å². The molecule has 0 rings (SSSR count). The zero-order valence-electron chi connectivity index (χ0n) is 2.49. The second kappa shape index (κ2) is 3.32. The highest BCUT2D eigenvalue weighted by atomic mass is 29.1. The van der Waals surface area contributed by atoms with Crippen LogP contribution in [-0.2, 0) is 4.63 Å². The van der Waals surface area contributed by atoms with Gasteiger partial charge in [0, 0.05) is 9.76 Å². The number of halogens is 1. The summed E-state index contributed by atoms with van der Waals surface area (Å²) in [7, 11) is 0.328. The third-order valence-electron chi connectivity index (χ3n) is 0.109. The topological polar surface area (TPSA) is 9.23 Å². The van der Waals surface area contributed by atoms with Crippen molar-refractivity contribution in [2.75, 3.05) is 0 Å². The van der Waals surface area contributed by atoms with Gasteiger partial charge in [0.1, 0.15) is 0 Å². The van der Waals surface area contributed by atoms with E-state index in [-0.39, 0.29) is 0 Å². The summed E-state index contributed by atoms with van der Waals surface area (Å²) in [6, 6.07) is 0. The number of rotatable bonds is 1. The van der Waals surface area contributed by atoms with E-state index < -0.39 is 9.28 Å². The van der Waals surface area contributed by atoms with Crippen LogP contribution in [-0.4, -0.2) is 19.0 Å². The quantitative estimate of drug-likeness (QED) is 0.352. The van der Waals surface area contributed by atoms with E-state index in [0.29, 0.717) is 0 Å². The SMILES string of the molecule is FO[SiH2][SiH3]. The second-order valence-electron chi connectivity index (χ2n) is 0.398. The molecule has 0 aromatic rings. The van der Waals surface area contributed by atoms with Crippen molar-refractivity contribution in [2.45, 2.75) is 0 Å². The van der Waals surface area contributed by atoms with Crippen LogP contribution < -0.4 is 0 Å². The van der Waals surface area contributed by atoms with E-state index in [1.807, 2.05) is 0 Å². The normalized spacial score (nSPS) is 11.2. The van der Waals surface area contributed by atoms with E-state index in [1.54, 1.807) is 0 Å². The maximum atomic E-state index is 10.3. The average Bonchev–Trinajstić information content (AvgIpc) is 1.37. The highest BCUT2D eigenvalue weighted by molar-refractivity contribution is 6.85. The third-order valence-corrected chi connectivity index (χ3v) is 0.982. The molecule has 4 heteroatoms. The Morgan fingerprint density at radius 2 is 2.25 bits per heavy atom. The molecule has 0 radical (unpaired) electrons. The average molecular weight is 96.2 g/mol. The van der Waals surface area contributed by atoms with Crippen molar-refractivity contribution in [3.8, 4) is 0 Å². The minimum atomic E-state index is -0.603. The van der Waals surface area contributed by atoms with Gasteiger partial charge in [0.2, 0.25) is 0 Å². The van der Waals surface area contributed by atoms with Gasteiger partial charge in [-0.25, -0.2) is 0 Å². The lowest BCUT2D eigenvalue weighted by Gasteiger charge is -1.67. The summed E-state index contributed by atoms with van der Waals surface area (Å²) in [6.07, 6.45) is 0. The van der Waals surface area contributed by atoms with Gasteiger partial charge in [0.25, 0.3) is 0 Å². The number of hydrogen-bond acceptors (Lipinski definition) is 1. The lowest BCUT2D eigenvalue weighted by Crippen LogP contribution is -1.83. The Hall–Kier alpha value is 0.324. The third kappa shape index (κ3) is 2.32. The molecule has 1 nitrogen and oxygen atoms in total. The Balaban J connectivity index is 1.97. The zero-order chi connectivity index (χ0) is 3.41. The molecule has 0 saturated carbocycles. The molecule has 0 aromatic heterocycles. The molecule has 0 bridgehead atoms. The van der Waals surface area contributed by atoms with Crippen LogP contribution in [0.2, 0.25) is 0 Å². The van der Waals surface area contributed by atoms with Crippen LogP contribution >= 0.6 is 0 Å². The predicted molar refractivity (Wildman–Crippen MR) is 20.7 cm³/mol. The molecule has 0 aromatic carbocycles. The first-order valence-corrected chi connectivity index (χ1v) is 7.38. The molecule has 4 heavy (non-hydrogen) atoms. The Morgan fingerprint density at radius 3 is 2.25 bits per heavy atom. The summed E-state index contributed by atoms with van der Waals surface area (Å²) < 4.78 is 13.6. The summed E-state index contributed by atoms with van der Waals surface area (Å²) in [6.45, 7) is 0. The highest BCUT2D eigenvalue weighted by Crippen LogP contribution is 1.54. The Bertz CT molecular complexity index is 8.00. The van der Waals surface area contributed by atoms with Gasteiger partial charge >= 0.3 is 0 Å². The van der Waals surface area contributed by atoms with E-state index in [9.17, 15) is 4.53 Å². The van der Waals surface area contributed by atoms with Crippen LogP contribution in [0.15, 0.2) is 0 Å².